The minimum absolute atomic E-state index is 1.51. The standard InChI is InChI=1S/Al.HO3Si.O/c;1-4(2)3;/h;1H;/q+1;-1;. The Morgan fingerprint density at radius 2 is 2.33 bits per heavy atom. The zero-order chi connectivity index (χ0) is 4.99. The van der Waals surface area contributed by atoms with Gasteiger partial charge < -0.3 is 0 Å². The van der Waals surface area contributed by atoms with Gasteiger partial charge in [-0.15, -0.1) is 0 Å². The van der Waals surface area contributed by atoms with Crippen molar-refractivity contribution < 1.29 is 16.5 Å². The fourth-order valence-corrected chi connectivity index (χ4v) is 0.370. The van der Waals surface area contributed by atoms with E-state index in [-0.39, 0.29) is 0 Å². The molecule has 0 fully saturated rings. The summed E-state index contributed by atoms with van der Waals surface area (Å²) in [5.41, 5.74) is 0. The molecule has 0 aliphatic rings. The molecule has 0 bridgehead atoms. The van der Waals surface area contributed by atoms with Crippen molar-refractivity contribution >= 4 is 24.7 Å². The van der Waals surface area contributed by atoms with Crippen LogP contribution in [0.3, 0.4) is 0 Å². The molecule has 0 aliphatic heterocycles. The van der Waals surface area contributed by atoms with E-state index in [2.05, 4.69) is 3.48 Å². The van der Waals surface area contributed by atoms with Crippen LogP contribution in [0.25, 0.3) is 0 Å². The second kappa shape index (κ2) is 3.15. The van der Waals surface area contributed by atoms with Crippen molar-refractivity contribution in [3.8, 4) is 0 Å². The second-order valence-corrected chi connectivity index (χ2v) is 2.15. The van der Waals surface area contributed by atoms with Crippen molar-refractivity contribution in [2.24, 2.45) is 0 Å². The number of rotatable bonds is 2. The van der Waals surface area contributed by atoms with Gasteiger partial charge in [-0.05, 0) is 0 Å². The maximum atomic E-state index is 9.38. The molecule has 0 aliphatic carbocycles. The summed E-state index contributed by atoms with van der Waals surface area (Å²) in [6.45, 7) is 0. The van der Waals surface area contributed by atoms with E-state index < -0.39 is 24.7 Å². The molecule has 6 heteroatoms. The van der Waals surface area contributed by atoms with Crippen molar-refractivity contribution in [1.29, 1.82) is 0 Å². The Kier molecular flexibility index (Phi) is 3.12. The number of hydrogen-bond acceptors (Lipinski definition) is 3. The first-order valence-electron chi connectivity index (χ1n) is 1.10. The van der Waals surface area contributed by atoms with Crippen LogP contribution in [0.15, 0.2) is 0 Å². The van der Waals surface area contributed by atoms with E-state index >= 15 is 0 Å². The summed E-state index contributed by atoms with van der Waals surface area (Å²) in [5, 5.41) is 0. The maximum absolute atomic E-state index is 9.38. The molecule has 32 valence electrons. The Bertz CT molecular complexity index is 67.9. The quantitative estimate of drug-likeness (QED) is 0.444. The van der Waals surface area contributed by atoms with Gasteiger partial charge in [-0.2, -0.15) is 0 Å². The van der Waals surface area contributed by atoms with E-state index in [1.54, 1.807) is 0 Å². The molecule has 0 atom stereocenters. The van der Waals surface area contributed by atoms with Gasteiger partial charge in [0, 0.05) is 0 Å². The van der Waals surface area contributed by atoms with Gasteiger partial charge in [-0.1, -0.05) is 0 Å². The zero-order valence-corrected chi connectivity index (χ0v) is 4.90. The van der Waals surface area contributed by atoms with Gasteiger partial charge in [0.15, 0.2) is 0 Å². The minimum atomic E-state index is -2.91. The molecule has 0 unspecified atom stereocenters. The van der Waals surface area contributed by atoms with Crippen LogP contribution >= 0.6 is 0 Å². The van der Waals surface area contributed by atoms with Gasteiger partial charge in [0.2, 0.25) is 0 Å². The first-order valence-corrected chi connectivity index (χ1v) is 3.31. The SMILES string of the molecule is [O]=[Al][O][Si](=O)O. The third kappa shape index (κ3) is 3.95. The van der Waals surface area contributed by atoms with Crippen LogP contribution in [0, 0.1) is 0 Å². The Morgan fingerprint density at radius 3 is 2.33 bits per heavy atom. The van der Waals surface area contributed by atoms with Crippen LogP contribution in [0.1, 0.15) is 0 Å². The third-order valence-electron chi connectivity index (χ3n) is 0.149. The van der Waals surface area contributed by atoms with Gasteiger partial charge in [0.25, 0.3) is 0 Å². The van der Waals surface area contributed by atoms with Crippen LogP contribution in [0.5, 0.6) is 0 Å². The monoisotopic (exact) mass is 120 g/mol. The van der Waals surface area contributed by atoms with Crippen molar-refractivity contribution in [2.45, 2.75) is 0 Å². The summed E-state index contributed by atoms with van der Waals surface area (Å²) in [4.78, 5) is 7.70. The molecule has 0 aromatic rings. The predicted octanol–water partition coefficient (Wildman–Crippen LogP) is -1.62. The van der Waals surface area contributed by atoms with Gasteiger partial charge >= 0.3 is 41.2 Å². The van der Waals surface area contributed by atoms with E-state index in [0.717, 1.165) is 0 Å². The fraction of sp³-hybridized carbons (Fsp3) is 0. The topological polar surface area (TPSA) is 63.6 Å². The molecule has 1 N–H and O–H groups in total. The molecule has 0 amide bonds. The van der Waals surface area contributed by atoms with E-state index in [1.165, 1.54) is 0 Å². The molecule has 4 nitrogen and oxygen atoms in total. The zero-order valence-electron chi connectivity index (χ0n) is 2.75. The summed E-state index contributed by atoms with van der Waals surface area (Å²) < 4.78 is 22.3. The van der Waals surface area contributed by atoms with Crippen LogP contribution in [-0.4, -0.2) is 29.5 Å². The Labute approximate surface area is 41.9 Å². The first kappa shape index (κ1) is 5.95. The molecule has 0 rings (SSSR count). The molecule has 0 saturated heterocycles. The van der Waals surface area contributed by atoms with Gasteiger partial charge in [0.1, 0.15) is 0 Å². The third-order valence-corrected chi connectivity index (χ3v) is 1.34. The average Bonchev–Trinajstić information content (AvgIpc) is 1.35. The molecule has 0 spiro atoms. The Balaban J connectivity index is 3.05. The van der Waals surface area contributed by atoms with E-state index in [0.29, 0.717) is 0 Å². The van der Waals surface area contributed by atoms with Gasteiger partial charge in [-0.3, -0.25) is 0 Å². The molecule has 0 aromatic heterocycles. The summed E-state index contributed by atoms with van der Waals surface area (Å²) in [7, 11) is -2.91. The Hall–Kier alpha value is -0.0506. The molecular formula is HAlO4Si. The number of hydrogen-bond donors (Lipinski definition) is 1. The molecule has 0 heterocycles. The molecule has 0 radical (unpaired) electrons. The van der Waals surface area contributed by atoms with E-state index in [4.69, 9.17) is 4.80 Å². The summed E-state index contributed by atoms with van der Waals surface area (Å²) in [6, 6.07) is 0. The molecular weight excluding hydrogens is 119 g/mol. The van der Waals surface area contributed by atoms with Crippen molar-refractivity contribution in [1.82, 2.24) is 0 Å². The van der Waals surface area contributed by atoms with E-state index in [9.17, 15) is 8.27 Å². The fourth-order valence-electron chi connectivity index (χ4n) is 0.0412. The molecule has 0 saturated carbocycles. The van der Waals surface area contributed by atoms with Crippen molar-refractivity contribution in [3.05, 3.63) is 0 Å². The average molecular weight is 120 g/mol. The van der Waals surface area contributed by atoms with Crippen molar-refractivity contribution in [2.75, 3.05) is 0 Å². The normalized spacial score (nSPS) is 6.00. The summed E-state index contributed by atoms with van der Waals surface area (Å²) >= 11 is -1.51. The Morgan fingerprint density at radius 1 is 1.83 bits per heavy atom. The van der Waals surface area contributed by atoms with Crippen LogP contribution in [0.4, 0.5) is 0 Å². The van der Waals surface area contributed by atoms with E-state index in [1.807, 2.05) is 0 Å². The van der Waals surface area contributed by atoms with Crippen LogP contribution in [-0.2, 0) is 11.7 Å². The summed E-state index contributed by atoms with van der Waals surface area (Å²) in [6.07, 6.45) is 0. The van der Waals surface area contributed by atoms with Crippen LogP contribution < -0.4 is 0 Å². The summed E-state index contributed by atoms with van der Waals surface area (Å²) in [5.74, 6) is 0. The molecule has 6 heavy (non-hydrogen) atoms. The van der Waals surface area contributed by atoms with Gasteiger partial charge in [0.05, 0.1) is 0 Å². The van der Waals surface area contributed by atoms with Crippen LogP contribution in [0.2, 0.25) is 0 Å². The van der Waals surface area contributed by atoms with Crippen molar-refractivity contribution in [3.63, 3.8) is 0 Å². The second-order valence-electron chi connectivity index (χ2n) is 0.480. The predicted molar refractivity (Wildman–Crippen MR) is 16.2 cm³/mol. The first-order chi connectivity index (χ1) is 2.77. The molecule has 0 aromatic carbocycles. The van der Waals surface area contributed by atoms with Gasteiger partial charge in [-0.25, -0.2) is 0 Å².